The first-order valence-electron chi connectivity index (χ1n) is 11.8. The zero-order valence-electron chi connectivity index (χ0n) is 21.1. The summed E-state index contributed by atoms with van der Waals surface area (Å²) >= 11 is 18.4. The molecule has 0 aliphatic heterocycles. The number of carbonyl (C=O) groups is 2. The molecule has 3 aromatic rings. The Morgan fingerprint density at radius 3 is 2.21 bits per heavy atom. The molecule has 0 aliphatic rings. The van der Waals surface area contributed by atoms with E-state index in [1.165, 1.54) is 24.1 Å². The van der Waals surface area contributed by atoms with Crippen LogP contribution in [-0.2, 0) is 26.2 Å². The van der Waals surface area contributed by atoms with Crippen LogP contribution in [0.15, 0.2) is 71.6 Å². The highest BCUT2D eigenvalue weighted by Gasteiger charge is 2.34. The van der Waals surface area contributed by atoms with E-state index in [2.05, 4.69) is 5.32 Å². The Kier molecular flexibility index (Phi) is 10.1. The average Bonchev–Trinajstić information content (AvgIpc) is 2.89. The van der Waals surface area contributed by atoms with Crippen LogP contribution in [-0.4, -0.2) is 44.8 Å². The lowest BCUT2D eigenvalue weighted by Crippen LogP contribution is -2.51. The predicted octanol–water partition coefficient (Wildman–Crippen LogP) is 5.70. The number of anilines is 1. The van der Waals surface area contributed by atoms with E-state index in [-0.39, 0.29) is 17.3 Å². The molecule has 7 nitrogen and oxygen atoms in total. The molecule has 11 heteroatoms. The number of likely N-dealkylation sites (N-methyl/N-ethyl adjacent to an activating group) is 1. The normalized spacial score (nSPS) is 12.1. The summed E-state index contributed by atoms with van der Waals surface area (Å²) in [6.45, 7) is 2.96. The summed E-state index contributed by atoms with van der Waals surface area (Å²) in [6, 6.07) is 16.7. The van der Waals surface area contributed by atoms with Crippen molar-refractivity contribution in [2.45, 2.75) is 37.8 Å². The molecule has 0 aromatic heterocycles. The number of sulfonamides is 1. The van der Waals surface area contributed by atoms with Gasteiger partial charge in [0.25, 0.3) is 10.0 Å². The lowest BCUT2D eigenvalue weighted by molar-refractivity contribution is -0.140. The molecule has 0 unspecified atom stereocenters. The molecule has 0 radical (unpaired) electrons. The fourth-order valence-electron chi connectivity index (χ4n) is 4.05. The van der Waals surface area contributed by atoms with E-state index in [9.17, 15) is 18.0 Å². The van der Waals surface area contributed by atoms with Crippen molar-refractivity contribution in [2.75, 3.05) is 17.9 Å². The second-order valence-corrected chi connectivity index (χ2v) is 11.7. The van der Waals surface area contributed by atoms with E-state index in [1.807, 2.05) is 0 Å². The Hall–Kier alpha value is -2.78. The summed E-state index contributed by atoms with van der Waals surface area (Å²) in [5, 5.41) is 3.67. The Bertz CT molecular complexity index is 1420. The van der Waals surface area contributed by atoms with Crippen molar-refractivity contribution < 1.29 is 18.0 Å². The van der Waals surface area contributed by atoms with Gasteiger partial charge < -0.3 is 10.2 Å². The molecule has 1 N–H and O–H groups in total. The van der Waals surface area contributed by atoms with Crippen LogP contribution in [0.3, 0.4) is 0 Å². The molecule has 0 fully saturated rings. The van der Waals surface area contributed by atoms with Gasteiger partial charge in [-0.3, -0.25) is 13.9 Å². The molecule has 0 heterocycles. The van der Waals surface area contributed by atoms with Gasteiger partial charge in [0.1, 0.15) is 12.6 Å². The van der Waals surface area contributed by atoms with Gasteiger partial charge in [0, 0.05) is 18.6 Å². The van der Waals surface area contributed by atoms with Crippen molar-refractivity contribution in [2.24, 2.45) is 0 Å². The summed E-state index contributed by atoms with van der Waals surface area (Å²) in [4.78, 5) is 28.1. The third-order valence-electron chi connectivity index (χ3n) is 6.01. The van der Waals surface area contributed by atoms with Crippen LogP contribution in [0, 0.1) is 6.92 Å². The number of hydrogen-bond donors (Lipinski definition) is 1. The number of aryl methyl sites for hydroxylation is 1. The molecule has 2 amide bonds. The topological polar surface area (TPSA) is 86.8 Å². The van der Waals surface area contributed by atoms with Crippen LogP contribution in [0.1, 0.15) is 24.5 Å². The lowest BCUT2D eigenvalue weighted by atomic mass is 10.1. The number of amides is 2. The van der Waals surface area contributed by atoms with Crippen LogP contribution >= 0.6 is 34.8 Å². The lowest BCUT2D eigenvalue weighted by Gasteiger charge is -2.33. The van der Waals surface area contributed by atoms with Crippen LogP contribution < -0.4 is 9.62 Å². The maximum Gasteiger partial charge on any atom is 0.264 e. The van der Waals surface area contributed by atoms with E-state index in [1.54, 1.807) is 68.4 Å². The van der Waals surface area contributed by atoms with Crippen molar-refractivity contribution in [3.05, 3.63) is 92.9 Å². The number of rotatable bonds is 10. The molecule has 202 valence electrons. The summed E-state index contributed by atoms with van der Waals surface area (Å²) < 4.78 is 28.7. The van der Waals surface area contributed by atoms with E-state index in [0.29, 0.717) is 38.3 Å². The summed E-state index contributed by atoms with van der Waals surface area (Å²) in [5.74, 6) is -0.943. The van der Waals surface area contributed by atoms with Gasteiger partial charge in [-0.2, -0.15) is 0 Å². The van der Waals surface area contributed by atoms with Gasteiger partial charge in [0.05, 0.1) is 20.6 Å². The Labute approximate surface area is 238 Å². The highest BCUT2D eigenvalue weighted by atomic mass is 35.5. The van der Waals surface area contributed by atoms with Crippen molar-refractivity contribution in [3.63, 3.8) is 0 Å². The molecule has 0 saturated carbocycles. The molecular weight excluding hydrogens is 569 g/mol. The SMILES string of the molecule is CC[C@@H](C(=O)NC)N(Cc1ccc(Cl)c(Cl)c1)C(=O)CN(c1ccc(Cl)cc1C)S(=O)(=O)c1ccccc1. The van der Waals surface area contributed by atoms with Gasteiger partial charge in [0.2, 0.25) is 11.8 Å². The highest BCUT2D eigenvalue weighted by molar-refractivity contribution is 7.92. The number of hydrogen-bond acceptors (Lipinski definition) is 4. The molecule has 38 heavy (non-hydrogen) atoms. The van der Waals surface area contributed by atoms with Gasteiger partial charge in [-0.15, -0.1) is 0 Å². The van der Waals surface area contributed by atoms with Crippen LogP contribution in [0.25, 0.3) is 0 Å². The zero-order valence-corrected chi connectivity index (χ0v) is 24.2. The Morgan fingerprint density at radius 2 is 1.63 bits per heavy atom. The van der Waals surface area contributed by atoms with Crippen molar-refractivity contribution in [1.82, 2.24) is 10.2 Å². The van der Waals surface area contributed by atoms with Crippen LogP contribution in [0.5, 0.6) is 0 Å². The first-order chi connectivity index (χ1) is 18.0. The average molecular weight is 597 g/mol. The number of benzene rings is 3. The quantitative estimate of drug-likeness (QED) is 0.325. The van der Waals surface area contributed by atoms with Crippen molar-refractivity contribution in [1.29, 1.82) is 0 Å². The van der Waals surface area contributed by atoms with Gasteiger partial charge >= 0.3 is 0 Å². The predicted molar refractivity (Wildman–Crippen MR) is 152 cm³/mol. The smallest absolute Gasteiger partial charge is 0.264 e. The van der Waals surface area contributed by atoms with Crippen LogP contribution in [0.2, 0.25) is 15.1 Å². The Balaban J connectivity index is 2.09. The van der Waals surface area contributed by atoms with E-state index >= 15 is 0 Å². The minimum atomic E-state index is -4.16. The third-order valence-corrected chi connectivity index (χ3v) is 8.75. The minimum Gasteiger partial charge on any atom is -0.357 e. The molecule has 0 bridgehead atoms. The van der Waals surface area contributed by atoms with Gasteiger partial charge in [0.15, 0.2) is 0 Å². The van der Waals surface area contributed by atoms with Gasteiger partial charge in [-0.05, 0) is 66.9 Å². The molecule has 0 aliphatic carbocycles. The zero-order chi connectivity index (χ0) is 28.0. The standard InChI is InChI=1S/C27H28Cl3N3O4S/c1-4-24(27(35)31-3)32(16-19-10-12-22(29)23(30)15-19)26(34)17-33(25-13-11-20(28)14-18(25)2)38(36,37)21-8-6-5-7-9-21/h5-15,24H,4,16-17H2,1-3H3,(H,31,35)/t24-/m0/s1. The largest absolute Gasteiger partial charge is 0.357 e. The number of halogens is 3. The molecule has 3 aromatic carbocycles. The molecular formula is C27H28Cl3N3O4S. The third kappa shape index (κ3) is 6.80. The maximum absolute atomic E-state index is 13.9. The first kappa shape index (κ1) is 29.8. The molecule has 3 rings (SSSR count). The number of nitrogens with one attached hydrogen (secondary N) is 1. The van der Waals surface area contributed by atoms with Crippen LogP contribution in [0.4, 0.5) is 5.69 Å². The van der Waals surface area contributed by atoms with E-state index in [0.717, 1.165) is 4.31 Å². The first-order valence-corrected chi connectivity index (χ1v) is 14.4. The number of nitrogens with zero attached hydrogens (tertiary/aromatic N) is 2. The highest BCUT2D eigenvalue weighted by Crippen LogP contribution is 2.30. The summed E-state index contributed by atoms with van der Waals surface area (Å²) in [7, 11) is -2.68. The summed E-state index contributed by atoms with van der Waals surface area (Å²) in [5.41, 5.74) is 1.50. The second kappa shape index (κ2) is 12.8. The van der Waals surface area contributed by atoms with E-state index in [4.69, 9.17) is 34.8 Å². The molecule has 1 atom stereocenters. The van der Waals surface area contributed by atoms with Crippen molar-refractivity contribution in [3.8, 4) is 0 Å². The van der Waals surface area contributed by atoms with Gasteiger partial charge in [-0.1, -0.05) is 66.0 Å². The van der Waals surface area contributed by atoms with Crippen molar-refractivity contribution >= 4 is 62.3 Å². The molecule has 0 spiro atoms. The Morgan fingerprint density at radius 1 is 0.947 bits per heavy atom. The fourth-order valence-corrected chi connectivity index (χ4v) is 6.10. The summed E-state index contributed by atoms with van der Waals surface area (Å²) in [6.07, 6.45) is 0.304. The fraction of sp³-hybridized carbons (Fsp3) is 0.259. The second-order valence-electron chi connectivity index (χ2n) is 8.56. The number of carbonyl (C=O) groups excluding carboxylic acids is 2. The minimum absolute atomic E-state index is 0.0144. The maximum atomic E-state index is 13.9. The van der Waals surface area contributed by atoms with E-state index < -0.39 is 28.5 Å². The monoisotopic (exact) mass is 595 g/mol. The molecule has 0 saturated heterocycles. The van der Waals surface area contributed by atoms with Gasteiger partial charge in [-0.25, -0.2) is 8.42 Å².